The van der Waals surface area contributed by atoms with E-state index in [0.717, 1.165) is 10.7 Å². The van der Waals surface area contributed by atoms with Gasteiger partial charge in [0.15, 0.2) is 11.2 Å². The van der Waals surface area contributed by atoms with E-state index in [9.17, 15) is 14.4 Å². The maximum Gasteiger partial charge on any atom is 0.289 e. The summed E-state index contributed by atoms with van der Waals surface area (Å²) in [6.45, 7) is 4.91. The number of piperazine rings is 1. The zero-order valence-electron chi connectivity index (χ0n) is 17.8. The monoisotopic (exact) mass is 440 g/mol. The van der Waals surface area contributed by atoms with Crippen molar-refractivity contribution in [3.05, 3.63) is 61.9 Å². The normalized spacial score (nSPS) is 14.7. The lowest BCUT2D eigenvalue weighted by Gasteiger charge is -2.33. The molecule has 0 spiro atoms. The van der Waals surface area contributed by atoms with Crippen molar-refractivity contribution in [2.24, 2.45) is 0 Å². The molecule has 3 heterocycles. The average molecular weight is 441 g/mol. The van der Waals surface area contributed by atoms with Gasteiger partial charge in [-0.1, -0.05) is 12.1 Å². The Morgan fingerprint density at radius 1 is 1.16 bits per heavy atom. The average Bonchev–Trinajstić information content (AvgIpc) is 3.12. The molecule has 162 valence electrons. The smallest absolute Gasteiger partial charge is 0.289 e. The molecule has 3 aromatic rings. The van der Waals surface area contributed by atoms with E-state index in [1.54, 1.807) is 48.2 Å². The first-order valence-electron chi connectivity index (χ1n) is 10.1. The van der Waals surface area contributed by atoms with Crippen LogP contribution in [0.5, 0.6) is 0 Å². The van der Waals surface area contributed by atoms with Gasteiger partial charge in [-0.15, -0.1) is 11.3 Å². The molecule has 0 aliphatic carbocycles. The van der Waals surface area contributed by atoms with E-state index >= 15 is 0 Å². The standard InChI is InChI=1S/C22H24N4O4S/c1-14-20(22(29)24(2)3)31-19(23-14)13-25-8-10-26(11-9-25)21(28)18-12-16(27)15-6-4-5-7-17(15)30-18/h4-7,12H,8-11,13H2,1-3H3. The molecule has 0 bridgehead atoms. The third-order valence-corrected chi connectivity index (χ3v) is 6.44. The van der Waals surface area contributed by atoms with Gasteiger partial charge in [-0.05, 0) is 19.1 Å². The Morgan fingerprint density at radius 2 is 1.87 bits per heavy atom. The number of benzene rings is 1. The minimum atomic E-state index is -0.272. The molecule has 1 aliphatic rings. The third kappa shape index (κ3) is 4.38. The first-order valence-corrected chi connectivity index (χ1v) is 10.9. The summed E-state index contributed by atoms with van der Waals surface area (Å²) in [5.74, 6) is -0.237. The molecule has 0 unspecified atom stereocenters. The molecule has 2 aromatic heterocycles. The lowest BCUT2D eigenvalue weighted by atomic mass is 10.2. The van der Waals surface area contributed by atoms with Crippen molar-refractivity contribution in [2.45, 2.75) is 13.5 Å². The maximum absolute atomic E-state index is 12.9. The van der Waals surface area contributed by atoms with E-state index in [4.69, 9.17) is 4.42 Å². The van der Waals surface area contributed by atoms with Crippen LogP contribution in [0, 0.1) is 6.92 Å². The van der Waals surface area contributed by atoms with Gasteiger partial charge < -0.3 is 14.2 Å². The molecule has 1 aliphatic heterocycles. The highest BCUT2D eigenvalue weighted by atomic mass is 32.1. The van der Waals surface area contributed by atoms with Crippen LogP contribution in [-0.2, 0) is 6.54 Å². The van der Waals surface area contributed by atoms with Crippen molar-refractivity contribution in [2.75, 3.05) is 40.3 Å². The van der Waals surface area contributed by atoms with Crippen LogP contribution < -0.4 is 5.43 Å². The van der Waals surface area contributed by atoms with Crippen molar-refractivity contribution in [3.63, 3.8) is 0 Å². The molecular weight excluding hydrogens is 416 g/mol. The van der Waals surface area contributed by atoms with Crippen LogP contribution in [0.4, 0.5) is 0 Å². The SMILES string of the molecule is Cc1nc(CN2CCN(C(=O)c3cc(=O)c4ccccc4o3)CC2)sc1C(=O)N(C)C. The van der Waals surface area contributed by atoms with E-state index in [2.05, 4.69) is 9.88 Å². The van der Waals surface area contributed by atoms with E-state index in [1.807, 2.05) is 6.92 Å². The number of para-hydroxylation sites is 1. The summed E-state index contributed by atoms with van der Waals surface area (Å²) < 4.78 is 5.69. The fraction of sp³-hybridized carbons (Fsp3) is 0.364. The Kier molecular flexibility index (Phi) is 5.88. The lowest BCUT2D eigenvalue weighted by Crippen LogP contribution is -2.48. The highest BCUT2D eigenvalue weighted by Crippen LogP contribution is 2.22. The molecule has 0 radical (unpaired) electrons. The third-order valence-electron chi connectivity index (χ3n) is 5.31. The topological polar surface area (TPSA) is 87.0 Å². The van der Waals surface area contributed by atoms with Gasteiger partial charge in [0.05, 0.1) is 17.6 Å². The number of hydrogen-bond donors (Lipinski definition) is 0. The number of carbonyl (C=O) groups is 2. The minimum Gasteiger partial charge on any atom is -0.451 e. The predicted molar refractivity (Wildman–Crippen MR) is 119 cm³/mol. The Hall–Kier alpha value is -3.04. The summed E-state index contributed by atoms with van der Waals surface area (Å²) in [6, 6.07) is 8.20. The Morgan fingerprint density at radius 3 is 2.58 bits per heavy atom. The molecule has 1 fully saturated rings. The van der Waals surface area contributed by atoms with Crippen molar-refractivity contribution >= 4 is 34.1 Å². The van der Waals surface area contributed by atoms with E-state index < -0.39 is 0 Å². The van der Waals surface area contributed by atoms with Crippen LogP contribution in [0.15, 0.2) is 39.5 Å². The van der Waals surface area contributed by atoms with Gasteiger partial charge in [-0.3, -0.25) is 19.3 Å². The molecule has 0 atom stereocenters. The summed E-state index contributed by atoms with van der Waals surface area (Å²) in [5.41, 5.74) is 0.948. The molecule has 0 saturated carbocycles. The van der Waals surface area contributed by atoms with Gasteiger partial charge in [0, 0.05) is 46.3 Å². The molecule has 31 heavy (non-hydrogen) atoms. The molecule has 1 aromatic carbocycles. The van der Waals surface area contributed by atoms with Crippen LogP contribution >= 0.6 is 11.3 Å². The Balaban J connectivity index is 1.40. The number of hydrogen-bond acceptors (Lipinski definition) is 7. The number of nitrogens with zero attached hydrogens (tertiary/aromatic N) is 4. The fourth-order valence-corrected chi connectivity index (χ4v) is 4.72. The largest absolute Gasteiger partial charge is 0.451 e. The number of fused-ring (bicyclic) bond motifs is 1. The second-order valence-corrected chi connectivity index (χ2v) is 8.84. The number of amides is 2. The van der Waals surface area contributed by atoms with Crippen LogP contribution in [0.3, 0.4) is 0 Å². The maximum atomic E-state index is 12.9. The molecule has 2 amide bonds. The molecule has 9 heteroatoms. The summed E-state index contributed by atoms with van der Waals surface area (Å²) in [7, 11) is 3.46. The number of aryl methyl sites for hydroxylation is 1. The lowest BCUT2D eigenvalue weighted by molar-refractivity contribution is 0.0598. The summed E-state index contributed by atoms with van der Waals surface area (Å²) >= 11 is 1.42. The van der Waals surface area contributed by atoms with Gasteiger partial charge in [0.25, 0.3) is 11.8 Å². The number of thiazole rings is 1. The molecular formula is C22H24N4O4S. The minimum absolute atomic E-state index is 0.0338. The summed E-state index contributed by atoms with van der Waals surface area (Å²) in [6.07, 6.45) is 0. The van der Waals surface area contributed by atoms with Crippen LogP contribution in [0.2, 0.25) is 0 Å². The zero-order chi connectivity index (χ0) is 22.1. The number of carbonyl (C=O) groups excluding carboxylic acids is 2. The van der Waals surface area contributed by atoms with E-state index in [0.29, 0.717) is 48.6 Å². The number of aromatic nitrogens is 1. The zero-order valence-corrected chi connectivity index (χ0v) is 18.6. The van der Waals surface area contributed by atoms with E-state index in [1.165, 1.54) is 17.4 Å². The van der Waals surface area contributed by atoms with Gasteiger partial charge in [0.1, 0.15) is 15.5 Å². The molecule has 8 nitrogen and oxygen atoms in total. The van der Waals surface area contributed by atoms with Crippen molar-refractivity contribution < 1.29 is 14.0 Å². The predicted octanol–water partition coefficient (Wildman–Crippen LogP) is 2.22. The van der Waals surface area contributed by atoms with Crippen LogP contribution in [0.25, 0.3) is 11.0 Å². The van der Waals surface area contributed by atoms with Crippen molar-refractivity contribution in [3.8, 4) is 0 Å². The van der Waals surface area contributed by atoms with Crippen LogP contribution in [-0.4, -0.2) is 71.8 Å². The quantitative estimate of drug-likeness (QED) is 0.618. The van der Waals surface area contributed by atoms with Gasteiger partial charge in [-0.2, -0.15) is 0 Å². The summed E-state index contributed by atoms with van der Waals surface area (Å²) in [4.78, 5) is 48.1. The summed E-state index contributed by atoms with van der Waals surface area (Å²) in [5, 5.41) is 1.36. The van der Waals surface area contributed by atoms with Gasteiger partial charge in [-0.25, -0.2) is 4.98 Å². The van der Waals surface area contributed by atoms with Gasteiger partial charge in [0.2, 0.25) is 0 Å². The van der Waals surface area contributed by atoms with Crippen LogP contribution in [0.1, 0.15) is 30.9 Å². The van der Waals surface area contributed by atoms with Gasteiger partial charge >= 0.3 is 0 Å². The fourth-order valence-electron chi connectivity index (χ4n) is 3.59. The van der Waals surface area contributed by atoms with Crippen molar-refractivity contribution in [1.29, 1.82) is 0 Å². The molecule has 1 saturated heterocycles. The molecule has 0 N–H and O–H groups in total. The highest BCUT2D eigenvalue weighted by molar-refractivity contribution is 7.13. The highest BCUT2D eigenvalue weighted by Gasteiger charge is 2.25. The number of rotatable bonds is 4. The Labute approximate surface area is 183 Å². The second-order valence-electron chi connectivity index (χ2n) is 7.76. The first-order chi connectivity index (χ1) is 14.8. The first kappa shape index (κ1) is 21.2. The van der Waals surface area contributed by atoms with E-state index in [-0.39, 0.29) is 23.0 Å². The molecule has 4 rings (SSSR count). The second kappa shape index (κ2) is 8.60. The van der Waals surface area contributed by atoms with Crippen molar-refractivity contribution in [1.82, 2.24) is 19.7 Å². The Bertz CT molecular complexity index is 1190.